The molecule has 1 atom stereocenters. The molecule has 0 aromatic heterocycles. The quantitative estimate of drug-likeness (QED) is 0.758. The van der Waals surface area contributed by atoms with Gasteiger partial charge in [-0.05, 0) is 37.8 Å². The molecule has 0 radical (unpaired) electrons. The first-order chi connectivity index (χ1) is 7.09. The van der Waals surface area contributed by atoms with Crippen molar-refractivity contribution in [3.63, 3.8) is 0 Å². The van der Waals surface area contributed by atoms with Gasteiger partial charge in [0.05, 0.1) is 6.10 Å². The van der Waals surface area contributed by atoms with E-state index in [1.807, 2.05) is 31.2 Å². The van der Waals surface area contributed by atoms with Crippen molar-refractivity contribution in [1.82, 2.24) is 0 Å². The zero-order valence-corrected chi connectivity index (χ0v) is 9.80. The monoisotopic (exact) mass is 224 g/mol. The molecule has 0 bridgehead atoms. The number of aliphatic hydroxyl groups excluding tert-OH is 1. The largest absolute Gasteiger partial charge is 0.393 e. The molecule has 1 N–H and O–H groups in total. The van der Waals surface area contributed by atoms with Crippen LogP contribution in [0, 0.1) is 0 Å². The molecular formula is C13H17ClO. The number of allylic oxidation sites excluding steroid dienone is 1. The smallest absolute Gasteiger partial charge is 0.0584 e. The highest BCUT2D eigenvalue weighted by molar-refractivity contribution is 6.31. The van der Waals surface area contributed by atoms with Gasteiger partial charge in [0.1, 0.15) is 0 Å². The van der Waals surface area contributed by atoms with E-state index in [1.165, 1.54) is 0 Å². The van der Waals surface area contributed by atoms with Crippen molar-refractivity contribution in [3.8, 4) is 0 Å². The third-order valence-corrected chi connectivity index (χ3v) is 2.69. The van der Waals surface area contributed by atoms with Gasteiger partial charge in [0.15, 0.2) is 0 Å². The van der Waals surface area contributed by atoms with Crippen LogP contribution in [0.15, 0.2) is 36.4 Å². The topological polar surface area (TPSA) is 20.2 Å². The van der Waals surface area contributed by atoms with Crippen molar-refractivity contribution in [1.29, 1.82) is 0 Å². The summed E-state index contributed by atoms with van der Waals surface area (Å²) < 4.78 is 0. The molecule has 15 heavy (non-hydrogen) atoms. The summed E-state index contributed by atoms with van der Waals surface area (Å²) in [5.41, 5.74) is 2.11. The van der Waals surface area contributed by atoms with Crippen LogP contribution in [0.3, 0.4) is 0 Å². The van der Waals surface area contributed by atoms with Crippen molar-refractivity contribution in [2.75, 3.05) is 0 Å². The standard InChI is InChI=1S/C13H17ClO/c1-10(2)7-8-12(15)9-11-5-3-4-6-13(11)14/h3-6,12,15H,1,7-9H2,2H3. The summed E-state index contributed by atoms with van der Waals surface area (Å²) in [6, 6.07) is 7.63. The molecule has 1 rings (SSSR count). The van der Waals surface area contributed by atoms with Gasteiger partial charge >= 0.3 is 0 Å². The summed E-state index contributed by atoms with van der Waals surface area (Å²) >= 11 is 6.00. The van der Waals surface area contributed by atoms with E-state index in [0.29, 0.717) is 6.42 Å². The van der Waals surface area contributed by atoms with Gasteiger partial charge in [-0.1, -0.05) is 35.4 Å². The molecule has 0 aliphatic heterocycles. The Labute approximate surface area is 96.4 Å². The highest BCUT2D eigenvalue weighted by Gasteiger charge is 2.07. The van der Waals surface area contributed by atoms with Crippen molar-refractivity contribution < 1.29 is 5.11 Å². The minimum Gasteiger partial charge on any atom is -0.393 e. The molecule has 1 nitrogen and oxygen atoms in total. The third kappa shape index (κ3) is 4.50. The fourth-order valence-electron chi connectivity index (χ4n) is 1.43. The van der Waals surface area contributed by atoms with E-state index in [4.69, 9.17) is 11.6 Å². The van der Waals surface area contributed by atoms with E-state index in [9.17, 15) is 5.11 Å². The molecule has 1 aromatic rings. The molecule has 0 amide bonds. The van der Waals surface area contributed by atoms with Gasteiger partial charge in [-0.3, -0.25) is 0 Å². The van der Waals surface area contributed by atoms with Crippen LogP contribution in [0.5, 0.6) is 0 Å². The normalized spacial score (nSPS) is 12.5. The summed E-state index contributed by atoms with van der Waals surface area (Å²) in [6.07, 6.45) is 1.90. The van der Waals surface area contributed by atoms with Crippen molar-refractivity contribution in [2.45, 2.75) is 32.3 Å². The molecule has 0 fully saturated rings. The number of hydrogen-bond acceptors (Lipinski definition) is 1. The molecular weight excluding hydrogens is 208 g/mol. The molecule has 1 unspecified atom stereocenters. The van der Waals surface area contributed by atoms with Crippen LogP contribution >= 0.6 is 11.6 Å². The van der Waals surface area contributed by atoms with Gasteiger partial charge in [0, 0.05) is 5.02 Å². The van der Waals surface area contributed by atoms with E-state index in [2.05, 4.69) is 6.58 Å². The van der Waals surface area contributed by atoms with Crippen LogP contribution in [0.1, 0.15) is 25.3 Å². The van der Waals surface area contributed by atoms with Gasteiger partial charge in [-0.15, -0.1) is 6.58 Å². The lowest BCUT2D eigenvalue weighted by Gasteiger charge is -2.11. The Morgan fingerprint density at radius 1 is 1.47 bits per heavy atom. The highest BCUT2D eigenvalue weighted by Crippen LogP contribution is 2.18. The van der Waals surface area contributed by atoms with Gasteiger partial charge in [0.2, 0.25) is 0 Å². The Kier molecular flexibility index (Phi) is 4.86. The van der Waals surface area contributed by atoms with Crippen molar-refractivity contribution >= 4 is 11.6 Å². The van der Waals surface area contributed by atoms with Crippen molar-refractivity contribution in [3.05, 3.63) is 47.0 Å². The summed E-state index contributed by atoms with van der Waals surface area (Å²) in [5.74, 6) is 0. The minimum atomic E-state index is -0.332. The van der Waals surface area contributed by atoms with E-state index in [-0.39, 0.29) is 6.10 Å². The van der Waals surface area contributed by atoms with Crippen LogP contribution in [0.2, 0.25) is 5.02 Å². The van der Waals surface area contributed by atoms with Crippen LogP contribution in [-0.4, -0.2) is 11.2 Å². The number of benzene rings is 1. The first-order valence-electron chi connectivity index (χ1n) is 5.15. The molecule has 0 spiro atoms. The predicted molar refractivity (Wildman–Crippen MR) is 65.2 cm³/mol. The molecule has 0 aliphatic rings. The van der Waals surface area contributed by atoms with Gasteiger partial charge in [-0.25, -0.2) is 0 Å². The Bertz CT molecular complexity index is 333. The lowest BCUT2D eigenvalue weighted by atomic mass is 10.0. The number of halogens is 1. The van der Waals surface area contributed by atoms with Crippen molar-refractivity contribution in [2.24, 2.45) is 0 Å². The molecule has 0 saturated heterocycles. The average molecular weight is 225 g/mol. The molecule has 1 aromatic carbocycles. The van der Waals surface area contributed by atoms with Crippen LogP contribution in [0.4, 0.5) is 0 Å². The van der Waals surface area contributed by atoms with Crippen LogP contribution in [-0.2, 0) is 6.42 Å². The van der Waals surface area contributed by atoms with Crippen LogP contribution < -0.4 is 0 Å². The fourth-order valence-corrected chi connectivity index (χ4v) is 1.65. The summed E-state index contributed by atoms with van der Waals surface area (Å²) in [6.45, 7) is 5.79. The maximum Gasteiger partial charge on any atom is 0.0584 e. The Morgan fingerprint density at radius 2 is 2.13 bits per heavy atom. The number of hydrogen-bond donors (Lipinski definition) is 1. The minimum absolute atomic E-state index is 0.332. The third-order valence-electron chi connectivity index (χ3n) is 2.32. The maximum atomic E-state index is 9.78. The molecule has 2 heteroatoms. The summed E-state index contributed by atoms with van der Waals surface area (Å²) in [7, 11) is 0. The molecule has 0 aliphatic carbocycles. The molecule has 0 heterocycles. The predicted octanol–water partition coefficient (Wildman–Crippen LogP) is 3.60. The lowest BCUT2D eigenvalue weighted by molar-refractivity contribution is 0.165. The second-order valence-corrected chi connectivity index (χ2v) is 4.35. The Hall–Kier alpha value is -0.790. The Morgan fingerprint density at radius 3 is 2.73 bits per heavy atom. The molecule has 82 valence electrons. The fraction of sp³-hybridized carbons (Fsp3) is 0.385. The summed E-state index contributed by atoms with van der Waals surface area (Å²) in [4.78, 5) is 0. The van der Waals surface area contributed by atoms with Gasteiger partial charge in [0.25, 0.3) is 0 Å². The second kappa shape index (κ2) is 5.94. The van der Waals surface area contributed by atoms with Gasteiger partial charge < -0.3 is 5.11 Å². The lowest BCUT2D eigenvalue weighted by Crippen LogP contribution is -2.10. The van der Waals surface area contributed by atoms with E-state index in [1.54, 1.807) is 0 Å². The number of rotatable bonds is 5. The number of aliphatic hydroxyl groups is 1. The zero-order chi connectivity index (χ0) is 11.3. The van der Waals surface area contributed by atoms with E-state index in [0.717, 1.165) is 29.0 Å². The summed E-state index contributed by atoms with van der Waals surface area (Å²) in [5, 5.41) is 10.5. The SMILES string of the molecule is C=C(C)CCC(O)Cc1ccccc1Cl. The first-order valence-corrected chi connectivity index (χ1v) is 5.53. The second-order valence-electron chi connectivity index (χ2n) is 3.95. The highest BCUT2D eigenvalue weighted by atomic mass is 35.5. The first kappa shape index (κ1) is 12.3. The Balaban J connectivity index is 2.47. The maximum absolute atomic E-state index is 9.78. The molecule has 0 saturated carbocycles. The van der Waals surface area contributed by atoms with Gasteiger partial charge in [-0.2, -0.15) is 0 Å². The van der Waals surface area contributed by atoms with E-state index < -0.39 is 0 Å². The van der Waals surface area contributed by atoms with E-state index >= 15 is 0 Å². The zero-order valence-electron chi connectivity index (χ0n) is 9.04. The van der Waals surface area contributed by atoms with Crippen LogP contribution in [0.25, 0.3) is 0 Å². The average Bonchev–Trinajstić information content (AvgIpc) is 2.18.